The Morgan fingerprint density at radius 2 is 1.97 bits per heavy atom. The van der Waals surface area contributed by atoms with Gasteiger partial charge in [-0.25, -0.2) is 14.3 Å². The van der Waals surface area contributed by atoms with Gasteiger partial charge in [0, 0.05) is 30.2 Å². The number of aromatic nitrogens is 3. The van der Waals surface area contributed by atoms with Crippen molar-refractivity contribution in [1.29, 1.82) is 0 Å². The van der Waals surface area contributed by atoms with Gasteiger partial charge < -0.3 is 0 Å². The highest BCUT2D eigenvalue weighted by Crippen LogP contribution is 2.18. The fourth-order valence-corrected chi connectivity index (χ4v) is 3.11. The van der Waals surface area contributed by atoms with E-state index in [9.17, 15) is 24.5 Å². The zero-order valence-corrected chi connectivity index (χ0v) is 14.9. The van der Waals surface area contributed by atoms with Crippen LogP contribution in [0.15, 0.2) is 69.5 Å². The summed E-state index contributed by atoms with van der Waals surface area (Å²) in [5, 5.41) is 11.3. The third-order valence-electron chi connectivity index (χ3n) is 4.43. The van der Waals surface area contributed by atoms with Crippen molar-refractivity contribution in [3.8, 4) is 5.69 Å². The lowest BCUT2D eigenvalue weighted by atomic mass is 10.1. The first-order valence-electron chi connectivity index (χ1n) is 8.56. The van der Waals surface area contributed by atoms with Crippen molar-refractivity contribution in [2.24, 2.45) is 4.99 Å². The monoisotopic (exact) mass is 391 g/mol. The second-order valence-electron chi connectivity index (χ2n) is 6.31. The number of fused-ring (bicyclic) bond motifs is 1. The van der Waals surface area contributed by atoms with Gasteiger partial charge in [-0.15, -0.1) is 0 Å². The summed E-state index contributed by atoms with van der Waals surface area (Å²) in [6.07, 6.45) is 4.07. The molecule has 3 aromatic rings. The van der Waals surface area contributed by atoms with E-state index < -0.39 is 16.2 Å². The number of nitrogens with zero attached hydrogens (tertiary/aromatic N) is 5. The molecule has 3 heterocycles. The minimum atomic E-state index is -0.730. The highest BCUT2D eigenvalue weighted by atomic mass is 16.6. The molecule has 0 radical (unpaired) electrons. The third kappa shape index (κ3) is 3.27. The standard InChI is InChI=1S/C19H13N5O5/c25-15-6-8-20-12(9-15)11-22-18(26)16-5-2-7-21-17(16)23(19(22)27)13-3-1-4-14(10-13)24(28)29/h1-8,10H,9,11H2. The van der Waals surface area contributed by atoms with Crippen LogP contribution in [0.1, 0.15) is 6.42 Å². The summed E-state index contributed by atoms with van der Waals surface area (Å²) in [5.74, 6) is -0.176. The number of hydrogen-bond acceptors (Lipinski definition) is 7. The van der Waals surface area contributed by atoms with Crippen LogP contribution >= 0.6 is 0 Å². The number of ketones is 1. The Kier molecular flexibility index (Phi) is 4.43. The molecule has 0 fully saturated rings. The van der Waals surface area contributed by atoms with Gasteiger partial charge >= 0.3 is 5.69 Å². The Bertz CT molecular complexity index is 1350. The van der Waals surface area contributed by atoms with E-state index in [0.717, 1.165) is 9.13 Å². The highest BCUT2D eigenvalue weighted by molar-refractivity contribution is 6.08. The number of non-ortho nitro benzene ring substituents is 1. The average molecular weight is 391 g/mol. The molecule has 29 heavy (non-hydrogen) atoms. The summed E-state index contributed by atoms with van der Waals surface area (Å²) in [7, 11) is 0. The Balaban J connectivity index is 1.99. The zero-order valence-electron chi connectivity index (χ0n) is 14.9. The van der Waals surface area contributed by atoms with E-state index in [4.69, 9.17) is 0 Å². The summed E-state index contributed by atoms with van der Waals surface area (Å²) < 4.78 is 2.10. The smallest absolute Gasteiger partial charge is 0.294 e. The molecule has 0 amide bonds. The fourth-order valence-electron chi connectivity index (χ4n) is 3.11. The van der Waals surface area contributed by atoms with Gasteiger partial charge in [0.15, 0.2) is 11.4 Å². The number of benzene rings is 1. The van der Waals surface area contributed by atoms with E-state index >= 15 is 0 Å². The molecule has 1 aliphatic heterocycles. The van der Waals surface area contributed by atoms with Crippen LogP contribution in [-0.2, 0) is 11.3 Å². The number of carbonyl (C=O) groups is 1. The molecule has 0 atom stereocenters. The van der Waals surface area contributed by atoms with Crippen LogP contribution < -0.4 is 11.2 Å². The molecule has 0 bridgehead atoms. The second-order valence-corrected chi connectivity index (χ2v) is 6.31. The first-order valence-corrected chi connectivity index (χ1v) is 8.56. The number of rotatable bonds is 4. The lowest BCUT2D eigenvalue weighted by Gasteiger charge is -2.14. The quantitative estimate of drug-likeness (QED) is 0.488. The minimum Gasteiger partial charge on any atom is -0.294 e. The van der Waals surface area contributed by atoms with Crippen molar-refractivity contribution in [3.63, 3.8) is 0 Å². The number of aliphatic imine (C=N–C) groups is 1. The first-order chi connectivity index (χ1) is 14.0. The van der Waals surface area contributed by atoms with Gasteiger partial charge in [0.25, 0.3) is 11.2 Å². The Morgan fingerprint density at radius 1 is 1.14 bits per heavy atom. The molecule has 1 aromatic carbocycles. The van der Waals surface area contributed by atoms with Crippen LogP contribution in [0.2, 0.25) is 0 Å². The SMILES string of the molecule is O=C1C=CN=C(Cn2c(=O)c3cccnc3n(-c3cccc([N+](=O)[O-])c3)c2=O)C1. The highest BCUT2D eigenvalue weighted by Gasteiger charge is 2.19. The Hall–Kier alpha value is -4.21. The van der Waals surface area contributed by atoms with Gasteiger partial charge in [-0.05, 0) is 24.3 Å². The zero-order chi connectivity index (χ0) is 20.5. The molecule has 144 valence electrons. The van der Waals surface area contributed by atoms with Crippen molar-refractivity contribution in [1.82, 2.24) is 14.1 Å². The lowest BCUT2D eigenvalue weighted by molar-refractivity contribution is -0.384. The van der Waals surface area contributed by atoms with Gasteiger partial charge in [0.1, 0.15) is 0 Å². The fraction of sp³-hybridized carbons (Fsp3) is 0.105. The molecular weight excluding hydrogens is 378 g/mol. The first kappa shape index (κ1) is 18.2. The van der Waals surface area contributed by atoms with Crippen LogP contribution in [0.4, 0.5) is 5.69 Å². The summed E-state index contributed by atoms with van der Waals surface area (Å²) in [4.78, 5) is 56.5. The summed E-state index contributed by atoms with van der Waals surface area (Å²) >= 11 is 0. The third-order valence-corrected chi connectivity index (χ3v) is 4.43. The van der Waals surface area contributed by atoms with Crippen LogP contribution in [0.5, 0.6) is 0 Å². The largest absolute Gasteiger partial charge is 0.337 e. The number of hydrogen-bond donors (Lipinski definition) is 0. The average Bonchev–Trinajstić information content (AvgIpc) is 2.71. The topological polar surface area (TPSA) is 129 Å². The van der Waals surface area contributed by atoms with Crippen LogP contribution in [0.25, 0.3) is 16.7 Å². The van der Waals surface area contributed by atoms with Crippen LogP contribution in [0.3, 0.4) is 0 Å². The van der Waals surface area contributed by atoms with Gasteiger partial charge in [-0.1, -0.05) is 6.07 Å². The molecule has 0 saturated heterocycles. The maximum absolute atomic E-state index is 13.2. The molecule has 0 spiro atoms. The Labute approximate surface area is 162 Å². The van der Waals surface area contributed by atoms with Crippen LogP contribution in [-0.4, -0.2) is 30.5 Å². The van der Waals surface area contributed by atoms with E-state index in [1.54, 1.807) is 6.07 Å². The van der Waals surface area contributed by atoms with Crippen molar-refractivity contribution < 1.29 is 9.72 Å². The number of pyridine rings is 1. The predicted molar refractivity (Wildman–Crippen MR) is 104 cm³/mol. The van der Waals surface area contributed by atoms with Gasteiger partial charge in [0.05, 0.1) is 29.0 Å². The normalized spacial score (nSPS) is 13.5. The molecule has 0 saturated carbocycles. The van der Waals surface area contributed by atoms with Gasteiger partial charge in [-0.3, -0.25) is 29.3 Å². The van der Waals surface area contributed by atoms with Crippen molar-refractivity contribution in [2.45, 2.75) is 13.0 Å². The lowest BCUT2D eigenvalue weighted by Crippen LogP contribution is -2.41. The number of allylic oxidation sites excluding steroid dienone is 1. The van der Waals surface area contributed by atoms with Gasteiger partial charge in [-0.2, -0.15) is 0 Å². The molecule has 0 N–H and O–H groups in total. The molecule has 0 aliphatic carbocycles. The van der Waals surface area contributed by atoms with E-state index in [1.165, 1.54) is 48.8 Å². The molecule has 10 heteroatoms. The van der Waals surface area contributed by atoms with Gasteiger partial charge in [0.2, 0.25) is 0 Å². The van der Waals surface area contributed by atoms with E-state index in [1.807, 2.05) is 0 Å². The minimum absolute atomic E-state index is 0.00423. The van der Waals surface area contributed by atoms with Crippen molar-refractivity contribution in [3.05, 3.63) is 85.8 Å². The molecular formula is C19H13N5O5. The van der Waals surface area contributed by atoms with E-state index in [-0.39, 0.29) is 41.2 Å². The Morgan fingerprint density at radius 3 is 2.72 bits per heavy atom. The molecule has 1 aliphatic rings. The molecule has 10 nitrogen and oxygen atoms in total. The molecule has 4 rings (SSSR count). The predicted octanol–water partition coefficient (Wildman–Crippen LogP) is 1.38. The summed E-state index contributed by atoms with van der Waals surface area (Å²) in [6.45, 7) is -0.173. The van der Waals surface area contributed by atoms with Crippen molar-refractivity contribution >= 4 is 28.2 Å². The summed E-state index contributed by atoms with van der Waals surface area (Å²) in [5.41, 5.74) is -0.867. The number of carbonyl (C=O) groups excluding carboxylic acids is 1. The van der Waals surface area contributed by atoms with E-state index in [0.29, 0.717) is 5.71 Å². The van der Waals surface area contributed by atoms with E-state index in [2.05, 4.69) is 9.98 Å². The second kappa shape index (κ2) is 7.08. The van der Waals surface area contributed by atoms with Crippen molar-refractivity contribution in [2.75, 3.05) is 0 Å². The number of nitro benzene ring substituents is 1. The number of nitro groups is 1. The molecule has 2 aromatic heterocycles. The maximum Gasteiger partial charge on any atom is 0.337 e. The summed E-state index contributed by atoms with van der Waals surface area (Å²) in [6, 6.07) is 8.56. The van der Waals surface area contributed by atoms with Crippen LogP contribution in [0, 0.1) is 10.1 Å². The molecule has 0 unspecified atom stereocenters. The maximum atomic E-state index is 13.2.